The third-order valence-corrected chi connectivity index (χ3v) is 2.58. The minimum absolute atomic E-state index is 0.355. The lowest BCUT2D eigenvalue weighted by molar-refractivity contribution is 0.475. The molecule has 0 fully saturated rings. The Labute approximate surface area is 104 Å². The average Bonchev–Trinajstić information content (AvgIpc) is 2.28. The Morgan fingerprint density at radius 2 is 1.88 bits per heavy atom. The normalized spacial score (nSPS) is 10.3. The van der Waals surface area contributed by atoms with Gasteiger partial charge in [-0.15, -0.1) is 0 Å². The Kier molecular flexibility index (Phi) is 3.20. The topological polar surface area (TPSA) is 35.2 Å². The van der Waals surface area contributed by atoms with Crippen molar-refractivity contribution in [2.45, 2.75) is 6.92 Å². The van der Waals surface area contributed by atoms with E-state index in [9.17, 15) is 4.39 Å². The number of hydrogen-bond donors (Lipinski definition) is 1. The van der Waals surface area contributed by atoms with Gasteiger partial charge in [0.15, 0.2) is 5.75 Å². The molecule has 0 heterocycles. The predicted molar refractivity (Wildman–Crippen MR) is 67.1 cm³/mol. The molecule has 2 N–H and O–H groups in total. The van der Waals surface area contributed by atoms with E-state index in [4.69, 9.17) is 22.1 Å². The maximum absolute atomic E-state index is 13.1. The van der Waals surface area contributed by atoms with Crippen molar-refractivity contribution in [3.8, 4) is 11.5 Å². The van der Waals surface area contributed by atoms with E-state index in [2.05, 4.69) is 0 Å². The molecule has 0 amide bonds. The molecule has 0 bridgehead atoms. The van der Waals surface area contributed by atoms with E-state index in [1.807, 2.05) is 6.92 Å². The molecule has 4 heteroatoms. The number of nitrogen functional groups attached to an aromatic ring is 1. The zero-order valence-corrected chi connectivity index (χ0v) is 9.96. The molecule has 88 valence electrons. The van der Waals surface area contributed by atoms with E-state index in [1.165, 1.54) is 12.1 Å². The van der Waals surface area contributed by atoms with Crippen molar-refractivity contribution in [3.05, 3.63) is 52.8 Å². The van der Waals surface area contributed by atoms with Gasteiger partial charge in [-0.3, -0.25) is 0 Å². The molecule has 2 rings (SSSR count). The average molecular weight is 252 g/mol. The van der Waals surface area contributed by atoms with Crippen molar-refractivity contribution >= 4 is 17.3 Å². The first-order valence-electron chi connectivity index (χ1n) is 5.05. The summed E-state index contributed by atoms with van der Waals surface area (Å²) in [4.78, 5) is 0. The third kappa shape index (κ3) is 2.68. The highest BCUT2D eigenvalue weighted by Crippen LogP contribution is 2.32. The van der Waals surface area contributed by atoms with Gasteiger partial charge in [-0.25, -0.2) is 4.39 Å². The summed E-state index contributed by atoms with van der Waals surface area (Å²) < 4.78 is 18.6. The van der Waals surface area contributed by atoms with E-state index >= 15 is 0 Å². The lowest BCUT2D eigenvalue weighted by atomic mass is 10.2. The molecule has 17 heavy (non-hydrogen) atoms. The highest BCUT2D eigenvalue weighted by Gasteiger charge is 2.06. The van der Waals surface area contributed by atoms with Crippen LogP contribution in [0.25, 0.3) is 0 Å². The van der Waals surface area contributed by atoms with Crippen LogP contribution < -0.4 is 10.5 Å². The third-order valence-electron chi connectivity index (χ3n) is 2.35. The van der Waals surface area contributed by atoms with Crippen molar-refractivity contribution in [1.29, 1.82) is 0 Å². The maximum Gasteiger partial charge on any atom is 0.151 e. The van der Waals surface area contributed by atoms with Crippen LogP contribution in [0.2, 0.25) is 5.02 Å². The fourth-order valence-electron chi connectivity index (χ4n) is 1.40. The van der Waals surface area contributed by atoms with Crippen LogP contribution in [0, 0.1) is 12.7 Å². The number of nitrogens with two attached hydrogens (primary N) is 1. The number of halogens is 2. The second-order valence-corrected chi connectivity index (χ2v) is 4.13. The van der Waals surface area contributed by atoms with Crippen LogP contribution in [0.1, 0.15) is 5.56 Å². The first-order chi connectivity index (χ1) is 8.06. The zero-order valence-electron chi connectivity index (χ0n) is 9.21. The summed E-state index contributed by atoms with van der Waals surface area (Å²) >= 11 is 5.84. The van der Waals surface area contributed by atoms with Gasteiger partial charge >= 0.3 is 0 Å². The lowest BCUT2D eigenvalue weighted by Crippen LogP contribution is -1.94. The quantitative estimate of drug-likeness (QED) is 0.814. The van der Waals surface area contributed by atoms with E-state index in [1.54, 1.807) is 24.3 Å². The Morgan fingerprint density at radius 1 is 1.12 bits per heavy atom. The zero-order chi connectivity index (χ0) is 12.4. The molecule has 0 saturated carbocycles. The second kappa shape index (κ2) is 4.63. The van der Waals surface area contributed by atoms with Crippen LogP contribution in [-0.2, 0) is 0 Å². The summed E-state index contributed by atoms with van der Waals surface area (Å²) in [5.41, 5.74) is 7.03. The summed E-state index contributed by atoms with van der Waals surface area (Å²) in [6, 6.07) is 9.25. The van der Waals surface area contributed by atoms with Crippen LogP contribution in [0.4, 0.5) is 10.1 Å². The summed E-state index contributed by atoms with van der Waals surface area (Å²) in [5.74, 6) is 0.497. The number of hydrogen-bond acceptors (Lipinski definition) is 2. The molecular formula is C13H11ClFNO. The monoisotopic (exact) mass is 251 g/mol. The Bertz CT molecular complexity index is 508. The van der Waals surface area contributed by atoms with E-state index in [-0.39, 0.29) is 5.82 Å². The first kappa shape index (κ1) is 11.7. The predicted octanol–water partition coefficient (Wildman–Crippen LogP) is 4.16. The summed E-state index contributed by atoms with van der Waals surface area (Å²) in [5, 5.41) is 0.517. The smallest absolute Gasteiger partial charge is 0.151 e. The molecule has 0 saturated heterocycles. The van der Waals surface area contributed by atoms with Crippen LogP contribution >= 0.6 is 11.6 Å². The molecular weight excluding hydrogens is 241 g/mol. The molecule has 0 unspecified atom stereocenters. The van der Waals surface area contributed by atoms with Gasteiger partial charge < -0.3 is 10.5 Å². The van der Waals surface area contributed by atoms with Crippen molar-refractivity contribution in [1.82, 2.24) is 0 Å². The van der Waals surface area contributed by atoms with Gasteiger partial charge in [0.25, 0.3) is 0 Å². The van der Waals surface area contributed by atoms with Gasteiger partial charge in [0.1, 0.15) is 11.6 Å². The number of anilines is 1. The van der Waals surface area contributed by atoms with Gasteiger partial charge in [0.05, 0.1) is 5.69 Å². The molecule has 2 nitrogen and oxygen atoms in total. The molecule has 0 radical (unpaired) electrons. The van der Waals surface area contributed by atoms with E-state index < -0.39 is 0 Å². The number of ether oxygens (including phenoxy) is 1. The van der Waals surface area contributed by atoms with Crippen molar-refractivity contribution < 1.29 is 9.13 Å². The summed E-state index contributed by atoms with van der Waals surface area (Å²) in [7, 11) is 0. The molecule has 0 aliphatic carbocycles. The van der Waals surface area contributed by atoms with Crippen LogP contribution in [-0.4, -0.2) is 0 Å². The minimum atomic E-state index is -0.355. The summed E-state index contributed by atoms with van der Waals surface area (Å²) in [6.07, 6.45) is 0. The SMILES string of the molecule is Cc1ccc(F)cc1Oc1cc(Cl)ccc1N. The van der Waals surface area contributed by atoms with Gasteiger partial charge in [-0.2, -0.15) is 0 Å². The number of benzene rings is 2. The van der Waals surface area contributed by atoms with Gasteiger partial charge in [-0.05, 0) is 30.7 Å². The molecule has 0 spiro atoms. The fraction of sp³-hybridized carbons (Fsp3) is 0.0769. The van der Waals surface area contributed by atoms with Crippen LogP contribution in [0.3, 0.4) is 0 Å². The first-order valence-corrected chi connectivity index (χ1v) is 5.43. The number of rotatable bonds is 2. The molecule has 0 aliphatic heterocycles. The molecule has 0 aliphatic rings. The van der Waals surface area contributed by atoms with Crippen molar-refractivity contribution in [2.75, 3.05) is 5.73 Å². The number of aryl methyl sites for hydroxylation is 1. The molecule has 0 atom stereocenters. The minimum Gasteiger partial charge on any atom is -0.455 e. The molecule has 2 aromatic carbocycles. The summed E-state index contributed by atoms with van der Waals surface area (Å²) in [6.45, 7) is 1.83. The van der Waals surface area contributed by atoms with Crippen LogP contribution in [0.5, 0.6) is 11.5 Å². The van der Waals surface area contributed by atoms with Gasteiger partial charge in [0, 0.05) is 17.2 Å². The van der Waals surface area contributed by atoms with Crippen LogP contribution in [0.15, 0.2) is 36.4 Å². The van der Waals surface area contributed by atoms with Crippen molar-refractivity contribution in [2.24, 2.45) is 0 Å². The lowest BCUT2D eigenvalue weighted by Gasteiger charge is -2.11. The maximum atomic E-state index is 13.1. The fourth-order valence-corrected chi connectivity index (χ4v) is 1.56. The molecule has 0 aromatic heterocycles. The second-order valence-electron chi connectivity index (χ2n) is 3.69. The molecule has 2 aromatic rings. The highest BCUT2D eigenvalue weighted by atomic mass is 35.5. The Morgan fingerprint density at radius 3 is 2.65 bits per heavy atom. The van der Waals surface area contributed by atoms with Gasteiger partial charge in [-0.1, -0.05) is 17.7 Å². The Hall–Kier alpha value is -1.74. The van der Waals surface area contributed by atoms with Gasteiger partial charge in [0.2, 0.25) is 0 Å². The highest BCUT2D eigenvalue weighted by molar-refractivity contribution is 6.30. The standard InChI is InChI=1S/C13H11ClFNO/c1-8-2-4-10(15)7-12(8)17-13-6-9(14)3-5-11(13)16/h2-7H,16H2,1H3. The van der Waals surface area contributed by atoms with Crippen molar-refractivity contribution in [3.63, 3.8) is 0 Å². The Balaban J connectivity index is 2.37. The largest absolute Gasteiger partial charge is 0.455 e. The van der Waals surface area contributed by atoms with E-state index in [0.29, 0.717) is 22.2 Å². The van der Waals surface area contributed by atoms with E-state index in [0.717, 1.165) is 5.56 Å².